The SMILES string of the molecule is C=C/C(=C/C=C/C(CC(=O)O)c1ccccc1)c1ccccc1. The lowest BCUT2D eigenvalue weighted by Gasteiger charge is -2.10. The van der Waals surface area contributed by atoms with E-state index in [1.54, 1.807) is 6.08 Å². The van der Waals surface area contributed by atoms with E-state index >= 15 is 0 Å². The summed E-state index contributed by atoms with van der Waals surface area (Å²) in [6.07, 6.45) is 7.66. The van der Waals surface area contributed by atoms with Gasteiger partial charge in [-0.1, -0.05) is 91.5 Å². The molecule has 2 nitrogen and oxygen atoms in total. The van der Waals surface area contributed by atoms with Crippen molar-refractivity contribution in [2.45, 2.75) is 12.3 Å². The van der Waals surface area contributed by atoms with Gasteiger partial charge in [-0.25, -0.2) is 0 Å². The zero-order chi connectivity index (χ0) is 16.5. The molecule has 1 N–H and O–H groups in total. The van der Waals surface area contributed by atoms with Crippen LogP contribution in [-0.4, -0.2) is 11.1 Å². The number of carboxylic acids is 1. The highest BCUT2D eigenvalue weighted by molar-refractivity contribution is 5.74. The normalized spacial score (nSPS) is 13.0. The summed E-state index contributed by atoms with van der Waals surface area (Å²) in [5, 5.41) is 9.11. The molecule has 1 atom stereocenters. The van der Waals surface area contributed by atoms with Crippen LogP contribution in [-0.2, 0) is 4.79 Å². The molecule has 0 aromatic heterocycles. The number of carboxylic acid groups (broad SMARTS) is 1. The number of allylic oxidation sites excluding steroid dienone is 5. The fraction of sp³-hybridized carbons (Fsp3) is 0.0952. The van der Waals surface area contributed by atoms with E-state index < -0.39 is 5.97 Å². The van der Waals surface area contributed by atoms with Crippen LogP contribution in [0.4, 0.5) is 0 Å². The Morgan fingerprint density at radius 2 is 1.65 bits per heavy atom. The number of benzene rings is 2. The van der Waals surface area contributed by atoms with Gasteiger partial charge in [-0.3, -0.25) is 4.79 Å². The van der Waals surface area contributed by atoms with E-state index in [4.69, 9.17) is 5.11 Å². The first-order valence-corrected chi connectivity index (χ1v) is 7.54. The molecule has 2 rings (SSSR count). The van der Waals surface area contributed by atoms with E-state index in [1.807, 2.05) is 78.9 Å². The number of aliphatic carboxylic acids is 1. The predicted molar refractivity (Wildman–Crippen MR) is 95.2 cm³/mol. The predicted octanol–water partition coefficient (Wildman–Crippen LogP) is 5.07. The summed E-state index contributed by atoms with van der Waals surface area (Å²) in [6.45, 7) is 3.85. The lowest BCUT2D eigenvalue weighted by Crippen LogP contribution is -2.03. The second-order valence-corrected chi connectivity index (χ2v) is 5.19. The van der Waals surface area contributed by atoms with E-state index in [1.165, 1.54) is 0 Å². The van der Waals surface area contributed by atoms with Crippen LogP contribution in [0.15, 0.2) is 91.5 Å². The smallest absolute Gasteiger partial charge is 0.304 e. The van der Waals surface area contributed by atoms with Gasteiger partial charge in [0.2, 0.25) is 0 Å². The quantitative estimate of drug-likeness (QED) is 0.725. The molecule has 0 aliphatic heterocycles. The van der Waals surface area contributed by atoms with Crippen LogP contribution in [0.3, 0.4) is 0 Å². The van der Waals surface area contributed by atoms with Gasteiger partial charge in [-0.2, -0.15) is 0 Å². The van der Waals surface area contributed by atoms with Gasteiger partial charge in [-0.15, -0.1) is 0 Å². The Bertz CT molecular complexity index is 697. The van der Waals surface area contributed by atoms with Crippen molar-refractivity contribution < 1.29 is 9.90 Å². The molecule has 0 spiro atoms. The molecule has 2 heteroatoms. The molecule has 0 fully saturated rings. The third-order valence-electron chi connectivity index (χ3n) is 3.57. The molecule has 23 heavy (non-hydrogen) atoms. The fourth-order valence-electron chi connectivity index (χ4n) is 2.39. The summed E-state index contributed by atoms with van der Waals surface area (Å²) >= 11 is 0. The molecule has 0 amide bonds. The molecule has 0 heterocycles. The first kappa shape index (κ1) is 16.5. The Morgan fingerprint density at radius 1 is 1.04 bits per heavy atom. The van der Waals surface area contributed by atoms with Crippen molar-refractivity contribution in [2.24, 2.45) is 0 Å². The molecular formula is C21H20O2. The summed E-state index contributed by atoms with van der Waals surface area (Å²) in [4.78, 5) is 11.1. The molecule has 0 aliphatic carbocycles. The average Bonchev–Trinajstić information content (AvgIpc) is 2.59. The number of hydrogen-bond acceptors (Lipinski definition) is 1. The topological polar surface area (TPSA) is 37.3 Å². The van der Waals surface area contributed by atoms with E-state index in [2.05, 4.69) is 6.58 Å². The third kappa shape index (κ3) is 5.11. The van der Waals surface area contributed by atoms with Crippen molar-refractivity contribution in [3.63, 3.8) is 0 Å². The Kier molecular flexibility index (Phi) is 6.13. The van der Waals surface area contributed by atoms with Crippen LogP contribution < -0.4 is 0 Å². The minimum Gasteiger partial charge on any atom is -0.481 e. The Morgan fingerprint density at radius 3 is 2.22 bits per heavy atom. The molecule has 2 aromatic rings. The van der Waals surface area contributed by atoms with Gasteiger partial charge in [0.15, 0.2) is 0 Å². The van der Waals surface area contributed by atoms with Gasteiger partial charge in [0, 0.05) is 5.92 Å². The Labute approximate surface area is 137 Å². The molecule has 0 bridgehead atoms. The molecule has 0 aliphatic rings. The number of rotatable bonds is 7. The lowest BCUT2D eigenvalue weighted by atomic mass is 9.95. The maximum absolute atomic E-state index is 11.1. The van der Waals surface area contributed by atoms with Gasteiger partial charge in [0.1, 0.15) is 0 Å². The first-order chi connectivity index (χ1) is 11.2. The average molecular weight is 304 g/mol. The van der Waals surface area contributed by atoms with Crippen LogP contribution in [0.25, 0.3) is 5.57 Å². The van der Waals surface area contributed by atoms with Crippen molar-refractivity contribution in [1.29, 1.82) is 0 Å². The summed E-state index contributed by atoms with van der Waals surface area (Å²) in [5.74, 6) is -0.953. The second-order valence-electron chi connectivity index (χ2n) is 5.19. The van der Waals surface area contributed by atoms with Crippen LogP contribution in [0.5, 0.6) is 0 Å². The largest absolute Gasteiger partial charge is 0.481 e. The van der Waals surface area contributed by atoms with E-state index in [-0.39, 0.29) is 12.3 Å². The second kappa shape index (κ2) is 8.54. The van der Waals surface area contributed by atoms with Gasteiger partial charge in [0.05, 0.1) is 6.42 Å². The maximum Gasteiger partial charge on any atom is 0.304 e. The van der Waals surface area contributed by atoms with Crippen molar-refractivity contribution in [3.8, 4) is 0 Å². The lowest BCUT2D eigenvalue weighted by molar-refractivity contribution is -0.137. The van der Waals surface area contributed by atoms with Crippen molar-refractivity contribution in [3.05, 3.63) is 103 Å². The van der Waals surface area contributed by atoms with E-state index in [9.17, 15) is 4.79 Å². The van der Waals surface area contributed by atoms with Gasteiger partial charge >= 0.3 is 5.97 Å². The fourth-order valence-corrected chi connectivity index (χ4v) is 2.39. The summed E-state index contributed by atoms with van der Waals surface area (Å²) < 4.78 is 0. The number of carbonyl (C=O) groups is 1. The molecule has 116 valence electrons. The summed E-state index contributed by atoms with van der Waals surface area (Å²) in [6, 6.07) is 19.6. The standard InChI is InChI=1S/C21H20O2/c1-2-17(18-10-5-3-6-11-18)14-9-15-20(16-21(22)23)19-12-7-4-8-13-19/h2-15,20H,1,16H2,(H,22,23)/b15-9+,17-14-. The van der Waals surface area contributed by atoms with Crippen LogP contribution in [0, 0.1) is 0 Å². The molecule has 0 radical (unpaired) electrons. The third-order valence-corrected chi connectivity index (χ3v) is 3.57. The van der Waals surface area contributed by atoms with E-state index in [0.29, 0.717) is 0 Å². The highest BCUT2D eigenvalue weighted by Crippen LogP contribution is 2.22. The van der Waals surface area contributed by atoms with Gasteiger partial charge < -0.3 is 5.11 Å². The Hall–Kier alpha value is -2.87. The van der Waals surface area contributed by atoms with Gasteiger partial charge in [-0.05, 0) is 16.7 Å². The molecule has 0 saturated heterocycles. The number of hydrogen-bond donors (Lipinski definition) is 1. The van der Waals surface area contributed by atoms with Crippen molar-refractivity contribution in [1.82, 2.24) is 0 Å². The molecule has 0 saturated carbocycles. The van der Waals surface area contributed by atoms with Crippen LogP contribution >= 0.6 is 0 Å². The first-order valence-electron chi connectivity index (χ1n) is 7.54. The summed E-state index contributed by atoms with van der Waals surface area (Å²) in [7, 11) is 0. The minimum absolute atomic E-state index is 0.0725. The monoisotopic (exact) mass is 304 g/mol. The zero-order valence-electron chi connectivity index (χ0n) is 12.9. The van der Waals surface area contributed by atoms with Crippen molar-refractivity contribution in [2.75, 3.05) is 0 Å². The minimum atomic E-state index is -0.806. The highest BCUT2D eigenvalue weighted by atomic mass is 16.4. The van der Waals surface area contributed by atoms with Crippen LogP contribution in [0.1, 0.15) is 23.5 Å². The molecular weight excluding hydrogens is 284 g/mol. The zero-order valence-corrected chi connectivity index (χ0v) is 12.9. The molecule has 2 aromatic carbocycles. The van der Waals surface area contributed by atoms with E-state index in [0.717, 1.165) is 16.7 Å². The Balaban J connectivity index is 2.21. The molecule has 1 unspecified atom stereocenters. The van der Waals surface area contributed by atoms with Crippen LogP contribution in [0.2, 0.25) is 0 Å². The summed E-state index contributed by atoms with van der Waals surface area (Å²) in [5.41, 5.74) is 3.09. The van der Waals surface area contributed by atoms with Crippen molar-refractivity contribution >= 4 is 11.5 Å². The maximum atomic E-state index is 11.1. The van der Waals surface area contributed by atoms with Gasteiger partial charge in [0.25, 0.3) is 0 Å². The highest BCUT2D eigenvalue weighted by Gasteiger charge is 2.11.